The monoisotopic (exact) mass is 402 g/mol. The van der Waals surface area contributed by atoms with E-state index in [1.54, 1.807) is 13.1 Å². The molecule has 146 valence electrons. The van der Waals surface area contributed by atoms with Gasteiger partial charge in [-0.2, -0.15) is 13.9 Å². The summed E-state index contributed by atoms with van der Waals surface area (Å²) in [6.45, 7) is 0.492. The van der Waals surface area contributed by atoms with Crippen molar-refractivity contribution in [3.63, 3.8) is 0 Å². The van der Waals surface area contributed by atoms with Crippen LogP contribution in [0.2, 0.25) is 0 Å². The van der Waals surface area contributed by atoms with E-state index in [1.165, 1.54) is 17.2 Å². The SMILES string of the molecule is CN(CCCc1cc(-c2ccccc2)n[nH]1)C(=O)c1cccnc1SC(F)F. The molecule has 0 saturated carbocycles. The Bertz CT molecular complexity index is 917. The number of hydrogen-bond donors (Lipinski definition) is 1. The van der Waals surface area contributed by atoms with E-state index >= 15 is 0 Å². The van der Waals surface area contributed by atoms with E-state index in [4.69, 9.17) is 0 Å². The smallest absolute Gasteiger partial charge is 0.290 e. The minimum atomic E-state index is -2.62. The van der Waals surface area contributed by atoms with Crippen molar-refractivity contribution in [1.29, 1.82) is 0 Å². The van der Waals surface area contributed by atoms with E-state index in [1.807, 2.05) is 36.4 Å². The summed E-state index contributed by atoms with van der Waals surface area (Å²) in [5.41, 5.74) is 3.10. The van der Waals surface area contributed by atoms with Crippen LogP contribution in [-0.2, 0) is 6.42 Å². The molecule has 0 aliphatic rings. The number of thioether (sulfide) groups is 1. The molecule has 0 unspecified atom stereocenters. The summed E-state index contributed by atoms with van der Waals surface area (Å²) in [7, 11) is 1.66. The molecule has 3 rings (SSSR count). The molecule has 0 aliphatic carbocycles. The molecule has 1 aromatic carbocycles. The average molecular weight is 402 g/mol. The maximum atomic E-state index is 12.7. The van der Waals surface area contributed by atoms with Crippen molar-refractivity contribution in [2.45, 2.75) is 23.6 Å². The average Bonchev–Trinajstić information content (AvgIpc) is 3.17. The highest BCUT2D eigenvalue weighted by molar-refractivity contribution is 7.99. The van der Waals surface area contributed by atoms with Gasteiger partial charge in [-0.3, -0.25) is 9.89 Å². The fourth-order valence-corrected chi connectivity index (χ4v) is 3.37. The first kappa shape index (κ1) is 20.0. The minimum Gasteiger partial charge on any atom is -0.342 e. The Morgan fingerprint density at radius 3 is 2.75 bits per heavy atom. The number of alkyl halides is 2. The number of aromatic amines is 1. The van der Waals surface area contributed by atoms with Gasteiger partial charge in [-0.25, -0.2) is 4.98 Å². The Kier molecular flexibility index (Phi) is 6.76. The van der Waals surface area contributed by atoms with Crippen molar-refractivity contribution in [3.8, 4) is 11.3 Å². The molecule has 0 saturated heterocycles. The maximum absolute atomic E-state index is 12.7. The molecule has 2 heterocycles. The van der Waals surface area contributed by atoms with Crippen LogP contribution in [0.5, 0.6) is 0 Å². The lowest BCUT2D eigenvalue weighted by Crippen LogP contribution is -2.28. The zero-order chi connectivity index (χ0) is 19.9. The van der Waals surface area contributed by atoms with Gasteiger partial charge < -0.3 is 4.90 Å². The Labute approximate surface area is 166 Å². The van der Waals surface area contributed by atoms with Crippen molar-refractivity contribution in [1.82, 2.24) is 20.1 Å². The number of carbonyl (C=O) groups excluding carboxylic acids is 1. The first-order chi connectivity index (χ1) is 13.5. The van der Waals surface area contributed by atoms with Crippen LogP contribution in [0.1, 0.15) is 22.5 Å². The number of halogens is 2. The number of nitrogens with one attached hydrogen (secondary N) is 1. The van der Waals surface area contributed by atoms with Crippen LogP contribution in [0, 0.1) is 0 Å². The predicted octanol–water partition coefficient (Wildman–Crippen LogP) is 4.49. The van der Waals surface area contributed by atoms with Crippen LogP contribution in [0.3, 0.4) is 0 Å². The van der Waals surface area contributed by atoms with Crippen molar-refractivity contribution in [2.24, 2.45) is 0 Å². The molecular weight excluding hydrogens is 382 g/mol. The number of rotatable bonds is 8. The molecule has 0 aliphatic heterocycles. The summed E-state index contributed by atoms with van der Waals surface area (Å²) < 4.78 is 25.3. The predicted molar refractivity (Wildman–Crippen MR) is 105 cm³/mol. The van der Waals surface area contributed by atoms with Gasteiger partial charge in [-0.05, 0) is 42.8 Å². The van der Waals surface area contributed by atoms with E-state index < -0.39 is 5.76 Å². The van der Waals surface area contributed by atoms with Gasteiger partial charge in [0, 0.05) is 31.0 Å². The number of H-pyrrole nitrogens is 1. The summed E-state index contributed by atoms with van der Waals surface area (Å²) in [4.78, 5) is 18.0. The highest BCUT2D eigenvalue weighted by Gasteiger charge is 2.19. The van der Waals surface area contributed by atoms with Gasteiger partial charge in [0.2, 0.25) is 0 Å². The third-order valence-corrected chi connectivity index (χ3v) is 4.92. The molecule has 28 heavy (non-hydrogen) atoms. The normalized spacial score (nSPS) is 11.0. The molecule has 1 N–H and O–H groups in total. The van der Waals surface area contributed by atoms with Crippen LogP contribution in [-0.4, -0.2) is 45.3 Å². The first-order valence-electron chi connectivity index (χ1n) is 8.79. The molecule has 2 aromatic heterocycles. The van der Waals surface area contributed by atoms with Gasteiger partial charge in [0.25, 0.3) is 11.7 Å². The molecular formula is C20H20F2N4OS. The molecule has 0 fully saturated rings. The number of aromatic nitrogens is 3. The van der Waals surface area contributed by atoms with E-state index in [-0.39, 0.29) is 28.3 Å². The number of carbonyl (C=O) groups is 1. The van der Waals surface area contributed by atoms with Crippen molar-refractivity contribution >= 4 is 17.7 Å². The molecule has 0 atom stereocenters. The van der Waals surface area contributed by atoms with Gasteiger partial charge >= 0.3 is 0 Å². The molecule has 3 aromatic rings. The quantitative estimate of drug-likeness (QED) is 0.564. The largest absolute Gasteiger partial charge is 0.342 e. The molecule has 5 nitrogen and oxygen atoms in total. The zero-order valence-electron chi connectivity index (χ0n) is 15.3. The van der Waals surface area contributed by atoms with E-state index in [2.05, 4.69) is 15.2 Å². The fraction of sp³-hybridized carbons (Fsp3) is 0.250. The number of aryl methyl sites for hydroxylation is 1. The lowest BCUT2D eigenvalue weighted by atomic mass is 10.1. The van der Waals surface area contributed by atoms with Gasteiger partial charge in [-0.15, -0.1) is 0 Å². The third kappa shape index (κ3) is 5.16. The molecule has 0 radical (unpaired) electrons. The van der Waals surface area contributed by atoms with Crippen LogP contribution in [0.25, 0.3) is 11.3 Å². The first-order valence-corrected chi connectivity index (χ1v) is 9.67. The number of nitrogens with zero attached hydrogens (tertiary/aromatic N) is 3. The highest BCUT2D eigenvalue weighted by atomic mass is 32.2. The van der Waals surface area contributed by atoms with Crippen molar-refractivity contribution in [2.75, 3.05) is 13.6 Å². The lowest BCUT2D eigenvalue weighted by Gasteiger charge is -2.18. The Morgan fingerprint density at radius 2 is 2.00 bits per heavy atom. The number of pyridine rings is 1. The van der Waals surface area contributed by atoms with Gasteiger partial charge in [-0.1, -0.05) is 30.3 Å². The summed E-state index contributed by atoms with van der Waals surface area (Å²) in [5.74, 6) is -2.93. The van der Waals surface area contributed by atoms with Crippen LogP contribution >= 0.6 is 11.8 Å². The van der Waals surface area contributed by atoms with Crippen LogP contribution in [0.15, 0.2) is 59.8 Å². The minimum absolute atomic E-state index is 0.0513. The molecule has 1 amide bonds. The van der Waals surface area contributed by atoms with Crippen LogP contribution < -0.4 is 0 Å². The molecule has 0 spiro atoms. The van der Waals surface area contributed by atoms with E-state index in [9.17, 15) is 13.6 Å². The fourth-order valence-electron chi connectivity index (χ4n) is 2.79. The lowest BCUT2D eigenvalue weighted by molar-refractivity contribution is 0.0789. The number of hydrogen-bond acceptors (Lipinski definition) is 4. The second-order valence-corrected chi connectivity index (χ2v) is 7.19. The van der Waals surface area contributed by atoms with Gasteiger partial charge in [0.15, 0.2) is 0 Å². The van der Waals surface area contributed by atoms with Gasteiger partial charge in [0.05, 0.1) is 11.3 Å². The number of benzene rings is 1. The summed E-state index contributed by atoms with van der Waals surface area (Å²) in [5, 5.41) is 7.39. The molecule has 0 bridgehead atoms. The molecule has 8 heteroatoms. The van der Waals surface area contributed by atoms with Crippen LogP contribution in [0.4, 0.5) is 8.78 Å². The topological polar surface area (TPSA) is 61.9 Å². The second-order valence-electron chi connectivity index (χ2n) is 6.21. The third-order valence-electron chi connectivity index (χ3n) is 4.19. The van der Waals surface area contributed by atoms with Crippen molar-refractivity contribution in [3.05, 3.63) is 66.0 Å². The summed E-state index contributed by atoms with van der Waals surface area (Å²) >= 11 is 0.287. The Morgan fingerprint density at radius 1 is 1.21 bits per heavy atom. The Hall–Kier alpha value is -2.74. The Balaban J connectivity index is 1.56. The maximum Gasteiger partial charge on any atom is 0.290 e. The standard InChI is InChI=1S/C20H20F2N4OS/c1-26(19(27)16-10-5-11-23-18(16)28-20(21)22)12-6-9-15-13-17(25-24-15)14-7-3-2-4-8-14/h2-5,7-8,10-11,13,20H,6,9,12H2,1H3,(H,24,25). The van der Waals surface area contributed by atoms with Crippen molar-refractivity contribution < 1.29 is 13.6 Å². The highest BCUT2D eigenvalue weighted by Crippen LogP contribution is 2.27. The second kappa shape index (κ2) is 9.45. The number of amides is 1. The van der Waals surface area contributed by atoms with E-state index in [0.717, 1.165) is 29.8 Å². The van der Waals surface area contributed by atoms with Gasteiger partial charge in [0.1, 0.15) is 5.03 Å². The zero-order valence-corrected chi connectivity index (χ0v) is 16.1. The summed E-state index contributed by atoms with van der Waals surface area (Å²) in [6, 6.07) is 15.0. The summed E-state index contributed by atoms with van der Waals surface area (Å²) in [6.07, 6.45) is 2.85. The van der Waals surface area contributed by atoms with E-state index in [0.29, 0.717) is 6.54 Å².